The number of esters is 3. The van der Waals surface area contributed by atoms with Crippen molar-refractivity contribution in [3.63, 3.8) is 0 Å². The molecule has 0 aliphatic heterocycles. The van der Waals surface area contributed by atoms with Crippen LogP contribution in [-0.2, 0) is 28.6 Å². The van der Waals surface area contributed by atoms with Crippen molar-refractivity contribution in [2.24, 2.45) is 0 Å². The maximum Gasteiger partial charge on any atom is 0.306 e. The van der Waals surface area contributed by atoms with Crippen molar-refractivity contribution in [1.29, 1.82) is 0 Å². The van der Waals surface area contributed by atoms with E-state index in [-0.39, 0.29) is 37.5 Å². The molecular formula is C58H96O6. The third kappa shape index (κ3) is 49.3. The summed E-state index contributed by atoms with van der Waals surface area (Å²) in [6, 6.07) is 0. The molecule has 1 unspecified atom stereocenters. The first kappa shape index (κ1) is 60.3. The Hall–Kier alpha value is -3.67. The van der Waals surface area contributed by atoms with E-state index in [2.05, 4.69) is 112 Å². The monoisotopic (exact) mass is 889 g/mol. The molecule has 0 aromatic rings. The topological polar surface area (TPSA) is 78.9 Å². The molecule has 0 N–H and O–H groups in total. The van der Waals surface area contributed by atoms with E-state index in [1.165, 1.54) is 77.0 Å². The van der Waals surface area contributed by atoms with Crippen LogP contribution in [0.2, 0.25) is 0 Å². The molecule has 0 spiro atoms. The summed E-state index contributed by atoms with van der Waals surface area (Å²) in [6.07, 6.45) is 68.3. The van der Waals surface area contributed by atoms with Crippen molar-refractivity contribution in [2.75, 3.05) is 13.2 Å². The molecule has 0 aromatic carbocycles. The minimum Gasteiger partial charge on any atom is -0.462 e. The third-order valence-electron chi connectivity index (χ3n) is 10.8. The van der Waals surface area contributed by atoms with Gasteiger partial charge in [0.25, 0.3) is 0 Å². The minimum absolute atomic E-state index is 0.106. The number of rotatable bonds is 46. The Bertz CT molecular complexity index is 1300. The maximum atomic E-state index is 12.8. The van der Waals surface area contributed by atoms with E-state index < -0.39 is 6.10 Å². The molecule has 0 bridgehead atoms. The smallest absolute Gasteiger partial charge is 0.306 e. The van der Waals surface area contributed by atoms with Gasteiger partial charge in [-0.25, -0.2) is 0 Å². The van der Waals surface area contributed by atoms with Crippen LogP contribution in [0.3, 0.4) is 0 Å². The van der Waals surface area contributed by atoms with Crippen molar-refractivity contribution in [2.45, 2.75) is 239 Å². The van der Waals surface area contributed by atoms with Crippen molar-refractivity contribution in [3.05, 3.63) is 97.2 Å². The lowest BCUT2D eigenvalue weighted by Gasteiger charge is -2.18. The predicted octanol–water partition coefficient (Wildman–Crippen LogP) is 17.4. The number of ether oxygens (including phenoxy) is 3. The van der Waals surface area contributed by atoms with Gasteiger partial charge < -0.3 is 14.2 Å². The number of carbonyl (C=O) groups is 3. The Kier molecular flexibility index (Phi) is 49.0. The van der Waals surface area contributed by atoms with E-state index in [9.17, 15) is 14.4 Å². The highest BCUT2D eigenvalue weighted by Gasteiger charge is 2.19. The molecule has 0 rings (SSSR count). The summed E-state index contributed by atoms with van der Waals surface area (Å²) in [5.41, 5.74) is 0. The highest BCUT2D eigenvalue weighted by Crippen LogP contribution is 2.13. The number of allylic oxidation sites excluding steroid dienone is 16. The van der Waals surface area contributed by atoms with Crippen LogP contribution in [-0.4, -0.2) is 37.2 Å². The zero-order chi connectivity index (χ0) is 46.5. The first-order valence-electron chi connectivity index (χ1n) is 26.2. The number of hydrogen-bond donors (Lipinski definition) is 0. The molecule has 1 atom stereocenters. The van der Waals surface area contributed by atoms with Crippen molar-refractivity contribution >= 4 is 17.9 Å². The molecule has 6 nitrogen and oxygen atoms in total. The van der Waals surface area contributed by atoms with Gasteiger partial charge in [-0.3, -0.25) is 14.4 Å². The second kappa shape index (κ2) is 52.0. The second-order valence-electron chi connectivity index (χ2n) is 17.0. The molecule has 64 heavy (non-hydrogen) atoms. The van der Waals surface area contributed by atoms with Gasteiger partial charge in [0.05, 0.1) is 0 Å². The Labute approximate surface area is 394 Å². The first-order valence-corrected chi connectivity index (χ1v) is 26.2. The highest BCUT2D eigenvalue weighted by atomic mass is 16.6. The second-order valence-corrected chi connectivity index (χ2v) is 17.0. The van der Waals surface area contributed by atoms with Crippen LogP contribution < -0.4 is 0 Å². The van der Waals surface area contributed by atoms with Crippen LogP contribution in [0.1, 0.15) is 233 Å². The summed E-state index contributed by atoms with van der Waals surface area (Å²) >= 11 is 0. The number of hydrogen-bond acceptors (Lipinski definition) is 6. The van der Waals surface area contributed by atoms with Crippen LogP contribution in [0.15, 0.2) is 97.2 Å². The molecule has 0 saturated heterocycles. The molecule has 0 fully saturated rings. The Morgan fingerprint density at radius 1 is 0.328 bits per heavy atom. The van der Waals surface area contributed by atoms with Crippen molar-refractivity contribution in [1.82, 2.24) is 0 Å². The quantitative estimate of drug-likeness (QED) is 0.0262. The van der Waals surface area contributed by atoms with Gasteiger partial charge in [0.2, 0.25) is 0 Å². The van der Waals surface area contributed by atoms with Gasteiger partial charge in [-0.05, 0) is 103 Å². The van der Waals surface area contributed by atoms with E-state index in [0.29, 0.717) is 19.3 Å². The predicted molar refractivity (Wildman–Crippen MR) is 274 cm³/mol. The number of carbonyl (C=O) groups excluding carboxylic acids is 3. The van der Waals surface area contributed by atoms with Crippen LogP contribution in [0.4, 0.5) is 0 Å². The minimum atomic E-state index is -0.811. The summed E-state index contributed by atoms with van der Waals surface area (Å²) in [6.45, 7) is 6.33. The van der Waals surface area contributed by atoms with Crippen molar-refractivity contribution < 1.29 is 28.6 Å². The van der Waals surface area contributed by atoms with Gasteiger partial charge in [-0.15, -0.1) is 0 Å². The molecule has 0 aromatic heterocycles. The van der Waals surface area contributed by atoms with E-state index in [1.54, 1.807) is 0 Å². The molecule has 0 heterocycles. The standard InChI is InChI=1S/C58H96O6/c1-4-7-10-13-16-19-22-25-27-28-29-30-31-34-36-39-42-45-48-51-57(60)63-54-55(53-62-56(59)50-47-44-41-38-35-32-24-21-18-15-12-9-6-3)64-58(61)52-49-46-43-40-37-33-26-23-20-17-14-11-8-5-2/h7-8,10-11,16-17,19-20,25,27,29-30,32,35,41,44,55H,4-6,9,12-15,18,21-24,26,28,31,33-34,36-40,42-43,45-54H2,1-3H3/b10-7-,11-8-,19-16-,20-17-,27-25-,30-29-,35-32-,44-41-. The molecule has 0 saturated carbocycles. The Balaban J connectivity index is 4.46. The van der Waals surface area contributed by atoms with E-state index in [4.69, 9.17) is 14.2 Å². The maximum absolute atomic E-state index is 12.8. The average Bonchev–Trinajstić information content (AvgIpc) is 3.29. The van der Waals surface area contributed by atoms with Gasteiger partial charge in [0, 0.05) is 19.3 Å². The highest BCUT2D eigenvalue weighted by molar-refractivity contribution is 5.71. The lowest BCUT2D eigenvalue weighted by molar-refractivity contribution is -0.166. The lowest BCUT2D eigenvalue weighted by atomic mass is 10.1. The SMILES string of the molecule is CC/C=C\C/C=C\C/C=C\C/C=C\CCCCCCCCC(=O)OCC(COC(=O)CC/C=C\C/C=C\CCCCCCCC)OC(=O)CCCCCCCCC/C=C\C/C=C\CC. The fourth-order valence-corrected chi connectivity index (χ4v) is 6.93. The van der Waals surface area contributed by atoms with Crippen molar-refractivity contribution in [3.8, 4) is 0 Å². The van der Waals surface area contributed by atoms with E-state index >= 15 is 0 Å². The lowest BCUT2D eigenvalue weighted by Crippen LogP contribution is -2.30. The molecule has 364 valence electrons. The van der Waals surface area contributed by atoms with Crippen LogP contribution in [0.5, 0.6) is 0 Å². The summed E-state index contributed by atoms with van der Waals surface area (Å²) < 4.78 is 16.7. The van der Waals surface area contributed by atoms with Crippen LogP contribution >= 0.6 is 0 Å². The fraction of sp³-hybridized carbons (Fsp3) is 0.672. The zero-order valence-electron chi connectivity index (χ0n) is 41.5. The molecule has 6 heteroatoms. The van der Waals surface area contributed by atoms with Gasteiger partial charge in [0.15, 0.2) is 6.10 Å². The fourth-order valence-electron chi connectivity index (χ4n) is 6.93. The Morgan fingerprint density at radius 3 is 1.05 bits per heavy atom. The van der Waals surface area contributed by atoms with Gasteiger partial charge in [-0.1, -0.05) is 208 Å². The van der Waals surface area contributed by atoms with E-state index in [1.807, 2.05) is 6.08 Å². The molecule has 0 aliphatic carbocycles. The molecule has 0 amide bonds. The van der Waals surface area contributed by atoms with Crippen LogP contribution in [0, 0.1) is 0 Å². The van der Waals surface area contributed by atoms with Crippen LogP contribution in [0.25, 0.3) is 0 Å². The summed E-state index contributed by atoms with van der Waals surface area (Å²) in [5, 5.41) is 0. The zero-order valence-corrected chi connectivity index (χ0v) is 41.5. The van der Waals surface area contributed by atoms with Gasteiger partial charge in [-0.2, -0.15) is 0 Å². The summed E-state index contributed by atoms with van der Waals surface area (Å²) in [7, 11) is 0. The van der Waals surface area contributed by atoms with Gasteiger partial charge in [0.1, 0.15) is 13.2 Å². The normalized spacial score (nSPS) is 12.9. The third-order valence-corrected chi connectivity index (χ3v) is 10.8. The molecule has 0 radical (unpaired) electrons. The number of unbranched alkanes of at least 4 members (excludes halogenated alkanes) is 19. The molecule has 0 aliphatic rings. The van der Waals surface area contributed by atoms with Gasteiger partial charge >= 0.3 is 17.9 Å². The summed E-state index contributed by atoms with van der Waals surface area (Å²) in [5.74, 6) is -1.00. The Morgan fingerprint density at radius 2 is 0.641 bits per heavy atom. The average molecular weight is 889 g/mol. The van der Waals surface area contributed by atoms with E-state index in [0.717, 1.165) is 109 Å². The first-order chi connectivity index (χ1) is 31.5. The summed E-state index contributed by atoms with van der Waals surface area (Å²) in [4.78, 5) is 38.0. The molecular weight excluding hydrogens is 793 g/mol. The largest absolute Gasteiger partial charge is 0.462 e.